The average molecular weight is 392 g/mol. The van der Waals surface area contributed by atoms with E-state index in [0.717, 1.165) is 24.6 Å². The molecule has 1 heterocycles. The number of nitrogens with one attached hydrogen (secondary N) is 1. The summed E-state index contributed by atoms with van der Waals surface area (Å²) in [6, 6.07) is 3.77. The molecule has 0 aromatic heterocycles. The van der Waals surface area contributed by atoms with Gasteiger partial charge in [-0.1, -0.05) is 12.2 Å². The number of nitrogens with zero attached hydrogens (tertiary/aromatic N) is 3. The van der Waals surface area contributed by atoms with Crippen LogP contribution in [0.1, 0.15) is 12.8 Å². The number of hydrogen-bond acceptors (Lipinski definition) is 7. The first-order valence-corrected chi connectivity index (χ1v) is 10.3. The van der Waals surface area contributed by atoms with Gasteiger partial charge in [0.1, 0.15) is 4.90 Å². The molecular formula is C17H20N4O5S. The standard InChI is InChI=1S/C17H20N4O5S/c22-21(23)13-4-5-15(18-19-16-10-12-2-1-3-14(12)16)17(11-13)27(24,25)20-6-8-26-9-7-20/h1-2,4-5,11-12,14,18H,3,6-10H2/b19-16-/t12-,14-/m0/s1. The zero-order valence-electron chi connectivity index (χ0n) is 14.6. The highest BCUT2D eigenvalue weighted by Gasteiger charge is 2.38. The molecule has 0 spiro atoms. The van der Waals surface area contributed by atoms with Gasteiger partial charge in [-0.25, -0.2) is 8.42 Å². The summed E-state index contributed by atoms with van der Waals surface area (Å²) in [4.78, 5) is 10.4. The van der Waals surface area contributed by atoms with Crippen LogP contribution < -0.4 is 5.43 Å². The van der Waals surface area contributed by atoms with Gasteiger partial charge in [0.2, 0.25) is 10.0 Å². The molecule has 144 valence electrons. The Bertz CT molecular complexity index is 921. The highest BCUT2D eigenvalue weighted by Crippen LogP contribution is 2.40. The van der Waals surface area contributed by atoms with E-state index < -0.39 is 14.9 Å². The number of allylic oxidation sites excluding steroid dienone is 2. The number of fused-ring (bicyclic) bond motifs is 1. The maximum atomic E-state index is 13.0. The molecule has 2 aliphatic carbocycles. The van der Waals surface area contributed by atoms with Gasteiger partial charge in [-0.2, -0.15) is 9.41 Å². The first-order chi connectivity index (χ1) is 13.0. The number of benzene rings is 1. The number of sulfonamides is 1. The summed E-state index contributed by atoms with van der Waals surface area (Å²) in [5.74, 6) is 0.911. The first-order valence-electron chi connectivity index (χ1n) is 8.82. The van der Waals surface area contributed by atoms with E-state index in [9.17, 15) is 18.5 Å². The van der Waals surface area contributed by atoms with Crippen LogP contribution in [0.15, 0.2) is 40.3 Å². The molecule has 3 aliphatic rings. The molecule has 1 N–H and O–H groups in total. The minimum Gasteiger partial charge on any atom is -0.379 e. The third kappa shape index (κ3) is 3.35. The second kappa shape index (κ2) is 7.02. The topological polar surface area (TPSA) is 114 Å². The molecule has 10 heteroatoms. The number of ether oxygens (including phenoxy) is 1. The molecule has 27 heavy (non-hydrogen) atoms. The minimum absolute atomic E-state index is 0.136. The quantitative estimate of drug-likeness (QED) is 0.466. The molecule has 0 radical (unpaired) electrons. The number of nitro groups is 1. The molecule has 0 bridgehead atoms. The lowest BCUT2D eigenvalue weighted by atomic mass is 9.74. The monoisotopic (exact) mass is 392 g/mol. The summed E-state index contributed by atoms with van der Waals surface area (Å²) in [6.45, 7) is 1.04. The van der Waals surface area contributed by atoms with E-state index in [0.29, 0.717) is 25.0 Å². The van der Waals surface area contributed by atoms with Gasteiger partial charge in [0.15, 0.2) is 0 Å². The van der Waals surface area contributed by atoms with Gasteiger partial charge >= 0.3 is 0 Å². The lowest BCUT2D eigenvalue weighted by molar-refractivity contribution is -0.385. The summed E-state index contributed by atoms with van der Waals surface area (Å²) >= 11 is 0. The van der Waals surface area contributed by atoms with Crippen molar-refractivity contribution >= 4 is 27.1 Å². The average Bonchev–Trinajstić information content (AvgIpc) is 3.03. The van der Waals surface area contributed by atoms with E-state index in [4.69, 9.17) is 4.74 Å². The van der Waals surface area contributed by atoms with Crippen molar-refractivity contribution in [1.29, 1.82) is 0 Å². The van der Waals surface area contributed by atoms with E-state index in [1.165, 1.54) is 16.4 Å². The summed E-state index contributed by atoms with van der Waals surface area (Å²) < 4.78 is 32.6. The summed E-state index contributed by atoms with van der Waals surface area (Å²) in [5, 5.41) is 15.5. The van der Waals surface area contributed by atoms with Gasteiger partial charge in [0, 0.05) is 36.9 Å². The summed E-state index contributed by atoms with van der Waals surface area (Å²) in [6.07, 6.45) is 6.12. The molecule has 9 nitrogen and oxygen atoms in total. The summed E-state index contributed by atoms with van der Waals surface area (Å²) in [7, 11) is -3.90. The molecule has 0 amide bonds. The number of morpholine rings is 1. The van der Waals surface area contributed by atoms with Gasteiger partial charge in [0.05, 0.1) is 23.8 Å². The van der Waals surface area contributed by atoms with Gasteiger partial charge in [-0.3, -0.25) is 15.5 Å². The molecule has 1 saturated carbocycles. The normalized spacial score (nSPS) is 26.6. The second-order valence-corrected chi connectivity index (χ2v) is 8.71. The van der Waals surface area contributed by atoms with Crippen molar-refractivity contribution in [3.05, 3.63) is 40.5 Å². The smallest absolute Gasteiger partial charge is 0.270 e. The van der Waals surface area contributed by atoms with Gasteiger partial charge < -0.3 is 4.74 Å². The van der Waals surface area contributed by atoms with Crippen LogP contribution in [0, 0.1) is 22.0 Å². The highest BCUT2D eigenvalue weighted by atomic mass is 32.2. The van der Waals surface area contributed by atoms with Crippen molar-refractivity contribution < 1.29 is 18.1 Å². The van der Waals surface area contributed by atoms with Crippen molar-refractivity contribution in [1.82, 2.24) is 4.31 Å². The fraction of sp³-hybridized carbons (Fsp3) is 0.471. The van der Waals surface area contributed by atoms with Crippen LogP contribution in [0.2, 0.25) is 0 Å². The molecule has 4 rings (SSSR count). The molecule has 1 aromatic carbocycles. The van der Waals surface area contributed by atoms with Crippen molar-refractivity contribution in [3.8, 4) is 0 Å². The molecule has 2 atom stereocenters. The van der Waals surface area contributed by atoms with E-state index in [-0.39, 0.29) is 29.4 Å². The van der Waals surface area contributed by atoms with E-state index in [1.54, 1.807) is 0 Å². The van der Waals surface area contributed by atoms with Gasteiger partial charge in [0.25, 0.3) is 5.69 Å². The Morgan fingerprint density at radius 3 is 2.78 bits per heavy atom. The minimum atomic E-state index is -3.90. The van der Waals surface area contributed by atoms with Crippen LogP contribution in [0.4, 0.5) is 11.4 Å². The number of anilines is 1. The van der Waals surface area contributed by atoms with E-state index in [1.807, 2.05) is 0 Å². The fourth-order valence-electron chi connectivity index (χ4n) is 3.65. The molecule has 2 fully saturated rings. The van der Waals surface area contributed by atoms with Crippen LogP contribution in [-0.4, -0.2) is 49.7 Å². The zero-order chi connectivity index (χ0) is 19.0. The molecule has 0 unspecified atom stereocenters. The maximum Gasteiger partial charge on any atom is 0.270 e. The molecular weight excluding hydrogens is 372 g/mol. The van der Waals surface area contributed by atoms with Gasteiger partial charge in [-0.05, 0) is 24.8 Å². The Hall–Kier alpha value is -2.30. The first kappa shape index (κ1) is 18.1. The van der Waals surface area contributed by atoms with Crippen LogP contribution in [0.5, 0.6) is 0 Å². The predicted octanol–water partition coefficient (Wildman–Crippen LogP) is 1.98. The van der Waals surface area contributed by atoms with Crippen LogP contribution in [0.25, 0.3) is 0 Å². The van der Waals surface area contributed by atoms with Crippen molar-refractivity contribution in [2.45, 2.75) is 17.7 Å². The highest BCUT2D eigenvalue weighted by molar-refractivity contribution is 7.89. The third-order valence-corrected chi connectivity index (χ3v) is 7.19. The summed E-state index contributed by atoms with van der Waals surface area (Å²) in [5.41, 5.74) is 3.81. The Balaban J connectivity index is 1.64. The predicted molar refractivity (Wildman–Crippen MR) is 99.1 cm³/mol. The van der Waals surface area contributed by atoms with Crippen molar-refractivity contribution in [2.75, 3.05) is 31.7 Å². The van der Waals surface area contributed by atoms with Gasteiger partial charge in [-0.15, -0.1) is 0 Å². The largest absolute Gasteiger partial charge is 0.379 e. The van der Waals surface area contributed by atoms with E-state index in [2.05, 4.69) is 22.7 Å². The van der Waals surface area contributed by atoms with Crippen molar-refractivity contribution in [3.63, 3.8) is 0 Å². The Morgan fingerprint density at radius 2 is 2.07 bits per heavy atom. The lowest BCUT2D eigenvalue weighted by Gasteiger charge is -2.32. The zero-order valence-corrected chi connectivity index (χ0v) is 15.4. The SMILES string of the molecule is O=[N+]([O-])c1ccc(N/N=C2/C[C@@H]3C=CC[C@H]23)c(S(=O)(=O)N2CCOCC2)c1. The third-order valence-electron chi connectivity index (χ3n) is 5.25. The fourth-order valence-corrected chi connectivity index (χ4v) is 5.22. The van der Waals surface area contributed by atoms with Crippen LogP contribution in [-0.2, 0) is 14.8 Å². The Morgan fingerprint density at radius 1 is 1.30 bits per heavy atom. The maximum absolute atomic E-state index is 13.0. The molecule has 1 aromatic rings. The Kier molecular flexibility index (Phi) is 4.70. The number of non-ortho nitro benzene ring substituents is 1. The second-order valence-electron chi connectivity index (χ2n) is 6.81. The number of hydrazone groups is 1. The van der Waals surface area contributed by atoms with E-state index >= 15 is 0 Å². The number of nitro benzene ring substituents is 1. The number of rotatable bonds is 5. The Labute approximate surface area is 156 Å². The lowest BCUT2D eigenvalue weighted by Crippen LogP contribution is -2.40. The van der Waals surface area contributed by atoms with Crippen LogP contribution >= 0.6 is 0 Å². The van der Waals surface area contributed by atoms with Crippen molar-refractivity contribution in [2.24, 2.45) is 16.9 Å². The molecule has 1 aliphatic heterocycles. The van der Waals surface area contributed by atoms with Crippen LogP contribution in [0.3, 0.4) is 0 Å². The number of hydrogen-bond donors (Lipinski definition) is 1. The molecule has 1 saturated heterocycles.